The number of pyridine rings is 2. The molecule has 2 N–H and O–H groups in total. The van der Waals surface area contributed by atoms with E-state index in [9.17, 15) is 4.79 Å². The Balaban J connectivity index is 1.47. The van der Waals surface area contributed by atoms with Crippen LogP contribution in [0.1, 0.15) is 21.6 Å². The first-order valence-electron chi connectivity index (χ1n) is 8.74. The molecule has 27 heavy (non-hydrogen) atoms. The lowest BCUT2D eigenvalue weighted by Gasteiger charge is -2.08. The molecule has 6 heteroatoms. The number of hydrogen-bond donors (Lipinski definition) is 2. The Morgan fingerprint density at radius 1 is 1.07 bits per heavy atom. The highest BCUT2D eigenvalue weighted by molar-refractivity contribution is 5.92. The summed E-state index contributed by atoms with van der Waals surface area (Å²) in [6.07, 6.45) is 5.94. The summed E-state index contributed by atoms with van der Waals surface area (Å²) in [4.78, 5) is 20.5. The summed E-state index contributed by atoms with van der Waals surface area (Å²) in [5, 5.41) is 6.15. The lowest BCUT2D eigenvalue weighted by Crippen LogP contribution is -2.26. The number of nitrogens with one attached hydrogen (secondary N) is 2. The molecule has 1 aromatic carbocycles. The van der Waals surface area contributed by atoms with Gasteiger partial charge in [0.15, 0.2) is 0 Å². The number of amides is 1. The summed E-state index contributed by atoms with van der Waals surface area (Å²) in [5.41, 5.74) is 3.44. The van der Waals surface area contributed by atoms with Crippen LogP contribution in [0, 0.1) is 0 Å². The van der Waals surface area contributed by atoms with Gasteiger partial charge >= 0.3 is 0 Å². The van der Waals surface area contributed by atoms with Gasteiger partial charge < -0.3 is 15.4 Å². The molecular formula is C21H22N4O2. The molecule has 6 nitrogen and oxygen atoms in total. The fourth-order valence-electron chi connectivity index (χ4n) is 2.58. The third-order valence-electron chi connectivity index (χ3n) is 4.05. The second-order valence-electron chi connectivity index (χ2n) is 6.00. The first kappa shape index (κ1) is 18.4. The predicted molar refractivity (Wildman–Crippen MR) is 105 cm³/mol. The van der Waals surface area contributed by atoms with Crippen LogP contribution in [-0.4, -0.2) is 29.5 Å². The summed E-state index contributed by atoms with van der Waals surface area (Å²) in [5.74, 6) is 0.631. The van der Waals surface area contributed by atoms with Crippen LogP contribution in [0.3, 0.4) is 0 Å². The first-order valence-corrected chi connectivity index (χ1v) is 8.74. The lowest BCUT2D eigenvalue weighted by atomic mass is 10.1. The molecule has 0 aliphatic carbocycles. The molecule has 3 rings (SSSR count). The van der Waals surface area contributed by atoms with Gasteiger partial charge in [-0.05, 0) is 47.9 Å². The van der Waals surface area contributed by atoms with Crippen LogP contribution in [0.15, 0.2) is 67.1 Å². The van der Waals surface area contributed by atoms with Gasteiger partial charge in [0.05, 0.1) is 19.0 Å². The van der Waals surface area contributed by atoms with Gasteiger partial charge in [0.2, 0.25) is 0 Å². The highest BCUT2D eigenvalue weighted by Crippen LogP contribution is 2.13. The van der Waals surface area contributed by atoms with Crippen molar-refractivity contribution >= 4 is 11.6 Å². The fourth-order valence-corrected chi connectivity index (χ4v) is 2.58. The zero-order valence-corrected chi connectivity index (χ0v) is 15.2. The van der Waals surface area contributed by atoms with Crippen molar-refractivity contribution < 1.29 is 9.53 Å². The molecule has 0 bridgehead atoms. The van der Waals surface area contributed by atoms with E-state index in [4.69, 9.17) is 4.74 Å². The van der Waals surface area contributed by atoms with Crippen molar-refractivity contribution in [3.63, 3.8) is 0 Å². The Morgan fingerprint density at radius 3 is 2.70 bits per heavy atom. The number of methoxy groups -OCH3 is 1. The molecule has 0 radical (unpaired) electrons. The average molecular weight is 362 g/mol. The molecule has 2 heterocycles. The summed E-state index contributed by atoms with van der Waals surface area (Å²) >= 11 is 0. The van der Waals surface area contributed by atoms with Gasteiger partial charge in [-0.3, -0.25) is 9.78 Å². The number of ether oxygens (including phenoxy) is 1. The maximum absolute atomic E-state index is 12.2. The van der Waals surface area contributed by atoms with Gasteiger partial charge in [0.25, 0.3) is 5.91 Å². The quantitative estimate of drug-likeness (QED) is 0.644. The topological polar surface area (TPSA) is 76.1 Å². The molecule has 0 saturated heterocycles. The highest BCUT2D eigenvalue weighted by Gasteiger charge is 2.07. The molecule has 0 unspecified atom stereocenters. The minimum Gasteiger partial charge on any atom is -0.497 e. The Labute approximate surface area is 158 Å². The van der Waals surface area contributed by atoms with E-state index in [1.165, 1.54) is 0 Å². The predicted octanol–water partition coefficient (Wildman–Crippen LogP) is 3.07. The lowest BCUT2D eigenvalue weighted by molar-refractivity contribution is 0.0949. The van der Waals surface area contributed by atoms with E-state index in [2.05, 4.69) is 20.6 Å². The van der Waals surface area contributed by atoms with Crippen LogP contribution in [0.4, 0.5) is 5.69 Å². The van der Waals surface area contributed by atoms with E-state index in [1.54, 1.807) is 25.6 Å². The molecule has 138 valence electrons. The van der Waals surface area contributed by atoms with Crippen LogP contribution in [0.5, 0.6) is 5.75 Å². The third-order valence-corrected chi connectivity index (χ3v) is 4.05. The van der Waals surface area contributed by atoms with Gasteiger partial charge in [-0.25, -0.2) is 4.98 Å². The summed E-state index contributed by atoms with van der Waals surface area (Å²) < 4.78 is 5.20. The fraction of sp³-hybridized carbons (Fsp3) is 0.190. The van der Waals surface area contributed by atoms with Gasteiger partial charge in [-0.1, -0.05) is 18.2 Å². The maximum atomic E-state index is 12.2. The number of benzene rings is 1. The van der Waals surface area contributed by atoms with Gasteiger partial charge in [0.1, 0.15) is 11.4 Å². The number of anilines is 1. The van der Waals surface area contributed by atoms with Crippen molar-refractivity contribution in [3.05, 3.63) is 83.9 Å². The Hall–Kier alpha value is -3.41. The summed E-state index contributed by atoms with van der Waals surface area (Å²) in [7, 11) is 1.64. The normalized spacial score (nSPS) is 10.3. The number of aromatic nitrogens is 2. The number of rotatable bonds is 8. The van der Waals surface area contributed by atoms with Crippen molar-refractivity contribution in [1.82, 2.24) is 15.3 Å². The van der Waals surface area contributed by atoms with Gasteiger partial charge in [0, 0.05) is 25.5 Å². The second kappa shape index (κ2) is 9.33. The van der Waals surface area contributed by atoms with Gasteiger partial charge in [-0.15, -0.1) is 0 Å². The van der Waals surface area contributed by atoms with Crippen LogP contribution in [-0.2, 0) is 13.0 Å². The number of nitrogens with zero attached hydrogens (tertiary/aromatic N) is 2. The zero-order chi connectivity index (χ0) is 18.9. The molecule has 0 spiro atoms. The van der Waals surface area contributed by atoms with E-state index in [0.717, 1.165) is 29.0 Å². The zero-order valence-electron chi connectivity index (χ0n) is 15.2. The van der Waals surface area contributed by atoms with E-state index in [-0.39, 0.29) is 5.91 Å². The third kappa shape index (κ3) is 5.54. The maximum Gasteiger partial charge on any atom is 0.269 e. The summed E-state index contributed by atoms with van der Waals surface area (Å²) in [6.45, 7) is 1.19. The van der Waals surface area contributed by atoms with E-state index < -0.39 is 0 Å². The smallest absolute Gasteiger partial charge is 0.269 e. The van der Waals surface area contributed by atoms with Gasteiger partial charge in [-0.2, -0.15) is 0 Å². The molecule has 0 fully saturated rings. The van der Waals surface area contributed by atoms with Crippen LogP contribution >= 0.6 is 0 Å². The molecule has 2 aromatic heterocycles. The van der Waals surface area contributed by atoms with E-state index in [1.807, 2.05) is 48.7 Å². The number of carbonyl (C=O) groups is 1. The minimum atomic E-state index is -0.184. The van der Waals surface area contributed by atoms with Crippen molar-refractivity contribution in [1.29, 1.82) is 0 Å². The van der Waals surface area contributed by atoms with Crippen molar-refractivity contribution in [2.75, 3.05) is 19.0 Å². The number of hydrogen-bond acceptors (Lipinski definition) is 5. The van der Waals surface area contributed by atoms with Crippen molar-refractivity contribution in [3.8, 4) is 5.75 Å². The molecule has 3 aromatic rings. The highest BCUT2D eigenvalue weighted by atomic mass is 16.5. The average Bonchev–Trinajstić information content (AvgIpc) is 2.73. The molecular weight excluding hydrogens is 340 g/mol. The standard InChI is InChI=1S/C21H22N4O2/c1-27-19-6-2-4-16(12-19)9-11-23-21(26)20-8-7-18(15-25-20)24-14-17-5-3-10-22-13-17/h2-8,10,12-13,15,24H,9,11,14H2,1H3,(H,23,26). The molecule has 0 aliphatic heterocycles. The summed E-state index contributed by atoms with van der Waals surface area (Å²) in [6, 6.07) is 15.3. The SMILES string of the molecule is COc1cccc(CCNC(=O)c2ccc(NCc3cccnc3)cn2)c1. The molecule has 0 aliphatic rings. The van der Waals surface area contributed by atoms with Crippen LogP contribution in [0.25, 0.3) is 0 Å². The Morgan fingerprint density at radius 2 is 1.96 bits per heavy atom. The monoisotopic (exact) mass is 362 g/mol. The molecule has 0 saturated carbocycles. The number of carbonyl (C=O) groups excluding carboxylic acids is 1. The minimum absolute atomic E-state index is 0.184. The second-order valence-corrected chi connectivity index (χ2v) is 6.00. The van der Waals surface area contributed by atoms with Crippen molar-refractivity contribution in [2.24, 2.45) is 0 Å². The van der Waals surface area contributed by atoms with Crippen LogP contribution < -0.4 is 15.4 Å². The molecule has 1 amide bonds. The van der Waals surface area contributed by atoms with E-state index >= 15 is 0 Å². The largest absolute Gasteiger partial charge is 0.497 e. The van der Waals surface area contributed by atoms with Crippen molar-refractivity contribution in [2.45, 2.75) is 13.0 Å². The van der Waals surface area contributed by atoms with E-state index in [0.29, 0.717) is 18.8 Å². The Bertz CT molecular complexity index is 867. The Kier molecular flexibility index (Phi) is 6.35. The first-order chi connectivity index (χ1) is 13.2. The van der Waals surface area contributed by atoms with Crippen LogP contribution in [0.2, 0.25) is 0 Å². The molecule has 0 atom stereocenters.